The summed E-state index contributed by atoms with van der Waals surface area (Å²) < 4.78 is 10.7. The number of carbonyl (C=O) groups excluding carboxylic acids is 2. The van der Waals surface area contributed by atoms with Crippen LogP contribution in [-0.4, -0.2) is 34.8 Å². The van der Waals surface area contributed by atoms with Crippen LogP contribution in [0.25, 0.3) is 10.8 Å². The zero-order chi connectivity index (χ0) is 22.7. The van der Waals surface area contributed by atoms with Crippen molar-refractivity contribution in [2.45, 2.75) is 32.9 Å². The Bertz CT molecular complexity index is 1220. The van der Waals surface area contributed by atoms with Gasteiger partial charge in [-0.2, -0.15) is 5.10 Å². The molecule has 2 aromatic carbocycles. The number of rotatable bonds is 7. The van der Waals surface area contributed by atoms with Crippen molar-refractivity contribution in [1.29, 1.82) is 0 Å². The van der Waals surface area contributed by atoms with Crippen molar-refractivity contribution >= 4 is 22.6 Å². The van der Waals surface area contributed by atoms with Crippen molar-refractivity contribution < 1.29 is 19.1 Å². The SMILES string of the molecule is CC(C)C(NC(=O)Cc1n[nH]c(=O)c2ccccc12)C(=O)NCc1ccc2c(c1)OCO2. The summed E-state index contributed by atoms with van der Waals surface area (Å²) in [5.41, 5.74) is 0.994. The summed E-state index contributed by atoms with van der Waals surface area (Å²) in [7, 11) is 0. The van der Waals surface area contributed by atoms with E-state index < -0.39 is 6.04 Å². The Hall–Kier alpha value is -3.88. The first-order chi connectivity index (χ1) is 15.4. The highest BCUT2D eigenvalue weighted by Crippen LogP contribution is 2.32. The van der Waals surface area contributed by atoms with Gasteiger partial charge in [0.25, 0.3) is 5.56 Å². The van der Waals surface area contributed by atoms with Crippen LogP contribution in [-0.2, 0) is 22.6 Å². The highest BCUT2D eigenvalue weighted by Gasteiger charge is 2.25. The normalized spacial score (nSPS) is 13.2. The highest BCUT2D eigenvalue weighted by molar-refractivity contribution is 5.91. The van der Waals surface area contributed by atoms with E-state index in [2.05, 4.69) is 20.8 Å². The van der Waals surface area contributed by atoms with Gasteiger partial charge in [-0.3, -0.25) is 14.4 Å². The zero-order valence-corrected chi connectivity index (χ0v) is 17.8. The molecule has 166 valence electrons. The molecule has 1 aliphatic heterocycles. The van der Waals surface area contributed by atoms with Crippen LogP contribution in [0.2, 0.25) is 0 Å². The van der Waals surface area contributed by atoms with Gasteiger partial charge in [0.15, 0.2) is 11.5 Å². The molecular weight excluding hydrogens is 412 g/mol. The minimum absolute atomic E-state index is 0.0596. The average molecular weight is 436 g/mol. The first-order valence-corrected chi connectivity index (χ1v) is 10.3. The lowest BCUT2D eigenvalue weighted by Gasteiger charge is -2.22. The number of ether oxygens (including phenoxy) is 2. The van der Waals surface area contributed by atoms with E-state index in [4.69, 9.17) is 9.47 Å². The molecule has 2 amide bonds. The Kier molecular flexibility index (Phi) is 6.07. The molecule has 9 heteroatoms. The van der Waals surface area contributed by atoms with Crippen LogP contribution in [0.4, 0.5) is 0 Å². The molecule has 3 N–H and O–H groups in total. The third-order valence-corrected chi connectivity index (χ3v) is 5.27. The van der Waals surface area contributed by atoms with Crippen molar-refractivity contribution in [2.24, 2.45) is 5.92 Å². The zero-order valence-electron chi connectivity index (χ0n) is 17.8. The lowest BCUT2D eigenvalue weighted by atomic mass is 10.0. The van der Waals surface area contributed by atoms with Crippen molar-refractivity contribution in [3.63, 3.8) is 0 Å². The van der Waals surface area contributed by atoms with Crippen molar-refractivity contribution in [3.05, 3.63) is 64.1 Å². The third-order valence-electron chi connectivity index (χ3n) is 5.27. The van der Waals surface area contributed by atoms with Crippen molar-refractivity contribution in [3.8, 4) is 11.5 Å². The summed E-state index contributed by atoms with van der Waals surface area (Å²) in [5.74, 6) is 0.551. The molecule has 3 aromatic rings. The predicted molar refractivity (Wildman–Crippen MR) is 117 cm³/mol. The molecule has 1 atom stereocenters. The number of benzene rings is 2. The highest BCUT2D eigenvalue weighted by atomic mass is 16.7. The maximum Gasteiger partial charge on any atom is 0.272 e. The van der Waals surface area contributed by atoms with E-state index >= 15 is 0 Å². The molecule has 0 aliphatic carbocycles. The van der Waals surface area contributed by atoms with E-state index in [1.54, 1.807) is 30.3 Å². The summed E-state index contributed by atoms with van der Waals surface area (Å²) in [5, 5.41) is 13.2. The lowest BCUT2D eigenvalue weighted by molar-refractivity contribution is -0.129. The molecule has 9 nitrogen and oxygen atoms in total. The van der Waals surface area contributed by atoms with Crippen molar-refractivity contribution in [1.82, 2.24) is 20.8 Å². The molecule has 0 spiro atoms. The van der Waals surface area contributed by atoms with Crippen LogP contribution in [0.15, 0.2) is 47.3 Å². The number of aromatic nitrogens is 2. The summed E-state index contributed by atoms with van der Waals surface area (Å²) in [6, 6.07) is 11.7. The van der Waals surface area contributed by atoms with Gasteiger partial charge >= 0.3 is 0 Å². The van der Waals surface area contributed by atoms with Gasteiger partial charge in [0.05, 0.1) is 17.5 Å². The summed E-state index contributed by atoms with van der Waals surface area (Å²) >= 11 is 0. The number of nitrogens with zero attached hydrogens (tertiary/aromatic N) is 1. The average Bonchev–Trinajstić information content (AvgIpc) is 3.26. The van der Waals surface area contributed by atoms with Gasteiger partial charge in [-0.25, -0.2) is 5.10 Å². The van der Waals surface area contributed by atoms with E-state index in [9.17, 15) is 14.4 Å². The van der Waals surface area contributed by atoms with Crippen LogP contribution in [0.5, 0.6) is 11.5 Å². The Morgan fingerprint density at radius 1 is 1.09 bits per heavy atom. The molecule has 0 radical (unpaired) electrons. The smallest absolute Gasteiger partial charge is 0.272 e. The van der Waals surface area contributed by atoms with Gasteiger partial charge in [0.2, 0.25) is 18.6 Å². The number of hydrogen-bond donors (Lipinski definition) is 3. The fourth-order valence-corrected chi connectivity index (χ4v) is 3.57. The Balaban J connectivity index is 1.40. The largest absolute Gasteiger partial charge is 0.454 e. The standard InChI is InChI=1S/C23H24N4O5/c1-13(2)21(23(30)24-11-14-7-8-18-19(9-14)32-12-31-18)25-20(28)10-17-15-5-3-4-6-16(15)22(29)27-26-17/h3-9,13,21H,10-12H2,1-2H3,(H,24,30)(H,25,28)(H,27,29). The molecule has 1 aliphatic rings. The Morgan fingerprint density at radius 2 is 1.84 bits per heavy atom. The molecule has 0 fully saturated rings. The maximum atomic E-state index is 12.8. The number of hydrogen-bond acceptors (Lipinski definition) is 6. The fourth-order valence-electron chi connectivity index (χ4n) is 3.57. The van der Waals surface area contributed by atoms with E-state index in [1.807, 2.05) is 26.0 Å². The van der Waals surface area contributed by atoms with Gasteiger partial charge in [-0.1, -0.05) is 38.1 Å². The molecular formula is C23H24N4O5. The number of carbonyl (C=O) groups is 2. The van der Waals surface area contributed by atoms with E-state index in [0.717, 1.165) is 5.56 Å². The summed E-state index contributed by atoms with van der Waals surface area (Å²) in [6.45, 7) is 4.20. The van der Waals surface area contributed by atoms with Gasteiger partial charge in [-0.15, -0.1) is 0 Å². The summed E-state index contributed by atoms with van der Waals surface area (Å²) in [6.07, 6.45) is -0.0596. The van der Waals surface area contributed by atoms with Gasteiger partial charge < -0.3 is 20.1 Å². The first-order valence-electron chi connectivity index (χ1n) is 10.3. The first kappa shape index (κ1) is 21.4. The molecule has 4 rings (SSSR count). The summed E-state index contributed by atoms with van der Waals surface area (Å²) in [4.78, 5) is 37.4. The number of H-pyrrole nitrogens is 1. The van der Waals surface area contributed by atoms with Gasteiger partial charge in [0.1, 0.15) is 6.04 Å². The number of amides is 2. The second kappa shape index (κ2) is 9.09. The predicted octanol–water partition coefficient (Wildman–Crippen LogP) is 1.65. The Labute approximate surface area is 184 Å². The second-order valence-corrected chi connectivity index (χ2v) is 7.92. The third kappa shape index (κ3) is 4.56. The fraction of sp³-hybridized carbons (Fsp3) is 0.304. The quantitative estimate of drug-likeness (QED) is 0.518. The van der Waals surface area contributed by atoms with E-state index in [0.29, 0.717) is 34.5 Å². The van der Waals surface area contributed by atoms with Crippen molar-refractivity contribution in [2.75, 3.05) is 6.79 Å². The van der Waals surface area contributed by atoms with Gasteiger partial charge in [0, 0.05) is 11.9 Å². The van der Waals surface area contributed by atoms with Crippen LogP contribution in [0.1, 0.15) is 25.1 Å². The molecule has 32 heavy (non-hydrogen) atoms. The molecule has 1 unspecified atom stereocenters. The molecule has 0 saturated carbocycles. The minimum Gasteiger partial charge on any atom is -0.454 e. The minimum atomic E-state index is -0.717. The maximum absolute atomic E-state index is 12.8. The lowest BCUT2D eigenvalue weighted by Crippen LogP contribution is -2.50. The second-order valence-electron chi connectivity index (χ2n) is 7.92. The van der Waals surface area contributed by atoms with Crippen LogP contribution < -0.4 is 25.7 Å². The topological polar surface area (TPSA) is 122 Å². The molecule has 0 saturated heterocycles. The number of nitrogens with one attached hydrogen (secondary N) is 3. The molecule has 1 aromatic heterocycles. The van der Waals surface area contributed by atoms with E-state index in [-0.39, 0.29) is 36.5 Å². The van der Waals surface area contributed by atoms with Crippen LogP contribution >= 0.6 is 0 Å². The number of fused-ring (bicyclic) bond motifs is 2. The molecule has 0 bridgehead atoms. The van der Waals surface area contributed by atoms with E-state index in [1.165, 1.54) is 0 Å². The molecule has 2 heterocycles. The number of aromatic amines is 1. The van der Waals surface area contributed by atoms with Gasteiger partial charge in [-0.05, 0) is 29.7 Å². The van der Waals surface area contributed by atoms with Crippen LogP contribution in [0.3, 0.4) is 0 Å². The van der Waals surface area contributed by atoms with Crippen LogP contribution in [0, 0.1) is 5.92 Å². The monoisotopic (exact) mass is 436 g/mol. The Morgan fingerprint density at radius 3 is 2.62 bits per heavy atom.